The number of hydrogen-bond donors (Lipinski definition) is 1. The predicted octanol–water partition coefficient (Wildman–Crippen LogP) is 3.11. The summed E-state index contributed by atoms with van der Waals surface area (Å²) in [5.41, 5.74) is 0.139. The largest absolute Gasteiger partial charge is 0.484 e. The summed E-state index contributed by atoms with van der Waals surface area (Å²) in [4.78, 5) is 13.2. The van der Waals surface area contributed by atoms with Gasteiger partial charge < -0.3 is 10.1 Å². The molecule has 21 heavy (non-hydrogen) atoms. The molecule has 3 nitrogen and oxygen atoms in total. The van der Waals surface area contributed by atoms with E-state index in [1.807, 2.05) is 6.07 Å². The van der Waals surface area contributed by atoms with Gasteiger partial charge in [0.25, 0.3) is 5.91 Å². The number of thiophene rings is 1. The van der Waals surface area contributed by atoms with Gasteiger partial charge >= 0.3 is 0 Å². The Morgan fingerprint density at radius 2 is 2.05 bits per heavy atom. The van der Waals surface area contributed by atoms with Gasteiger partial charge in [-0.15, -0.1) is 11.3 Å². The van der Waals surface area contributed by atoms with Crippen molar-refractivity contribution in [1.29, 1.82) is 0 Å². The van der Waals surface area contributed by atoms with Gasteiger partial charge in [0.15, 0.2) is 6.61 Å². The van der Waals surface area contributed by atoms with Crippen LogP contribution in [0.2, 0.25) is 0 Å². The van der Waals surface area contributed by atoms with E-state index in [-0.39, 0.29) is 23.7 Å². The average molecular weight is 305 g/mol. The molecule has 110 valence electrons. The maximum absolute atomic E-state index is 12.7. The van der Waals surface area contributed by atoms with Gasteiger partial charge in [0.05, 0.1) is 0 Å². The Morgan fingerprint density at radius 3 is 2.67 bits per heavy atom. The highest BCUT2D eigenvalue weighted by Gasteiger charge is 2.45. The molecular formula is C16H16FNO2S. The second-order valence-corrected chi connectivity index (χ2v) is 6.22. The predicted molar refractivity (Wildman–Crippen MR) is 80.1 cm³/mol. The standard InChI is InChI=1S/C16H16FNO2S/c17-12-3-5-13(6-4-12)20-10-15(19)18-11-16(7-8-16)14-2-1-9-21-14/h1-6,9H,7-8,10-11H2,(H,18,19). The number of amides is 1. The summed E-state index contributed by atoms with van der Waals surface area (Å²) in [5, 5.41) is 4.99. The van der Waals surface area contributed by atoms with Gasteiger partial charge in [-0.2, -0.15) is 0 Å². The van der Waals surface area contributed by atoms with Crippen molar-refractivity contribution in [3.63, 3.8) is 0 Å². The number of benzene rings is 1. The van der Waals surface area contributed by atoms with Crippen LogP contribution in [-0.4, -0.2) is 19.1 Å². The molecule has 2 aromatic rings. The molecule has 1 fully saturated rings. The minimum Gasteiger partial charge on any atom is -0.484 e. The molecule has 1 aromatic carbocycles. The van der Waals surface area contributed by atoms with Crippen molar-refractivity contribution in [3.05, 3.63) is 52.5 Å². The highest BCUT2D eigenvalue weighted by Crippen LogP contribution is 2.49. The molecule has 0 bridgehead atoms. The maximum atomic E-state index is 12.7. The van der Waals surface area contributed by atoms with Crippen LogP contribution in [0.5, 0.6) is 5.75 Å². The number of carbonyl (C=O) groups excluding carboxylic acids is 1. The Balaban J connectivity index is 1.46. The molecule has 1 aliphatic carbocycles. The Hall–Kier alpha value is -1.88. The molecule has 0 spiro atoms. The van der Waals surface area contributed by atoms with E-state index < -0.39 is 0 Å². The third-order valence-electron chi connectivity index (χ3n) is 3.70. The smallest absolute Gasteiger partial charge is 0.257 e. The van der Waals surface area contributed by atoms with Crippen molar-refractivity contribution in [1.82, 2.24) is 5.32 Å². The van der Waals surface area contributed by atoms with E-state index in [0.717, 1.165) is 12.8 Å². The van der Waals surface area contributed by atoms with E-state index in [1.54, 1.807) is 11.3 Å². The number of rotatable bonds is 6. The molecule has 0 saturated heterocycles. The summed E-state index contributed by atoms with van der Waals surface area (Å²) in [6.45, 7) is 0.602. The fourth-order valence-electron chi connectivity index (χ4n) is 2.24. The normalized spacial score (nSPS) is 15.5. The minimum atomic E-state index is -0.321. The second kappa shape index (κ2) is 5.85. The van der Waals surface area contributed by atoms with Crippen LogP contribution in [0.1, 0.15) is 17.7 Å². The fraction of sp³-hybridized carbons (Fsp3) is 0.312. The van der Waals surface area contributed by atoms with Crippen molar-refractivity contribution < 1.29 is 13.9 Å². The van der Waals surface area contributed by atoms with E-state index >= 15 is 0 Å². The minimum absolute atomic E-state index is 0.0495. The molecule has 1 amide bonds. The van der Waals surface area contributed by atoms with E-state index in [2.05, 4.69) is 16.8 Å². The number of nitrogens with one attached hydrogen (secondary N) is 1. The first-order chi connectivity index (χ1) is 10.2. The molecule has 0 aliphatic heterocycles. The topological polar surface area (TPSA) is 38.3 Å². The molecule has 3 rings (SSSR count). The molecular weight excluding hydrogens is 289 g/mol. The first-order valence-corrected chi connectivity index (χ1v) is 7.75. The van der Waals surface area contributed by atoms with Crippen LogP contribution in [0.4, 0.5) is 4.39 Å². The summed E-state index contributed by atoms with van der Waals surface area (Å²) in [6, 6.07) is 9.80. The quantitative estimate of drug-likeness (QED) is 0.890. The molecule has 0 atom stereocenters. The van der Waals surface area contributed by atoms with E-state index in [1.165, 1.54) is 29.1 Å². The highest BCUT2D eigenvalue weighted by molar-refractivity contribution is 7.10. The van der Waals surface area contributed by atoms with E-state index in [9.17, 15) is 9.18 Å². The third kappa shape index (κ3) is 3.42. The average Bonchev–Trinajstić information content (AvgIpc) is 3.08. The molecule has 1 aromatic heterocycles. The summed E-state index contributed by atoms with van der Waals surface area (Å²) < 4.78 is 18.1. The van der Waals surface area contributed by atoms with Crippen molar-refractivity contribution in [2.45, 2.75) is 18.3 Å². The van der Waals surface area contributed by atoms with Gasteiger partial charge in [0.1, 0.15) is 11.6 Å². The lowest BCUT2D eigenvalue weighted by Gasteiger charge is -2.14. The third-order valence-corrected chi connectivity index (χ3v) is 4.82. The van der Waals surface area contributed by atoms with Crippen LogP contribution in [0.3, 0.4) is 0 Å². The number of carbonyl (C=O) groups is 1. The molecule has 1 saturated carbocycles. The molecule has 0 unspecified atom stereocenters. The Kier molecular flexibility index (Phi) is 3.92. The molecule has 1 heterocycles. The Labute approximate surface area is 126 Å². The van der Waals surface area contributed by atoms with Gasteiger partial charge in [-0.3, -0.25) is 4.79 Å². The Bertz CT molecular complexity index is 606. The molecule has 5 heteroatoms. The summed E-state index contributed by atoms with van der Waals surface area (Å²) in [7, 11) is 0. The fourth-order valence-corrected chi connectivity index (χ4v) is 3.23. The zero-order valence-corrected chi connectivity index (χ0v) is 12.3. The van der Waals surface area contributed by atoms with E-state index in [0.29, 0.717) is 12.3 Å². The lowest BCUT2D eigenvalue weighted by Crippen LogP contribution is -2.35. The number of hydrogen-bond acceptors (Lipinski definition) is 3. The van der Waals surface area contributed by atoms with Crippen molar-refractivity contribution >= 4 is 17.2 Å². The van der Waals surface area contributed by atoms with Crippen LogP contribution >= 0.6 is 11.3 Å². The molecule has 0 radical (unpaired) electrons. The van der Waals surface area contributed by atoms with Crippen LogP contribution in [-0.2, 0) is 10.2 Å². The summed E-state index contributed by atoms with van der Waals surface area (Å²) >= 11 is 1.74. The van der Waals surface area contributed by atoms with Crippen molar-refractivity contribution in [2.75, 3.05) is 13.2 Å². The van der Waals surface area contributed by atoms with E-state index in [4.69, 9.17) is 4.74 Å². The van der Waals surface area contributed by atoms with Gasteiger partial charge in [0.2, 0.25) is 0 Å². The Morgan fingerprint density at radius 1 is 1.29 bits per heavy atom. The number of ether oxygens (including phenoxy) is 1. The van der Waals surface area contributed by atoms with Gasteiger partial charge in [0, 0.05) is 16.8 Å². The van der Waals surface area contributed by atoms with Crippen LogP contribution in [0.15, 0.2) is 41.8 Å². The van der Waals surface area contributed by atoms with Crippen LogP contribution in [0.25, 0.3) is 0 Å². The molecule has 1 aliphatic rings. The van der Waals surface area contributed by atoms with Gasteiger partial charge in [-0.25, -0.2) is 4.39 Å². The first-order valence-electron chi connectivity index (χ1n) is 6.87. The highest BCUT2D eigenvalue weighted by atomic mass is 32.1. The zero-order valence-electron chi connectivity index (χ0n) is 11.5. The van der Waals surface area contributed by atoms with Crippen LogP contribution < -0.4 is 10.1 Å². The van der Waals surface area contributed by atoms with Crippen molar-refractivity contribution in [2.24, 2.45) is 0 Å². The second-order valence-electron chi connectivity index (χ2n) is 5.28. The van der Waals surface area contributed by atoms with Gasteiger partial charge in [-0.1, -0.05) is 6.07 Å². The summed E-state index contributed by atoms with van der Waals surface area (Å²) in [6.07, 6.45) is 2.24. The first kappa shape index (κ1) is 14.1. The monoisotopic (exact) mass is 305 g/mol. The lowest BCUT2D eigenvalue weighted by atomic mass is 10.1. The molecule has 1 N–H and O–H groups in total. The zero-order chi connectivity index (χ0) is 14.7. The van der Waals surface area contributed by atoms with Crippen LogP contribution in [0, 0.1) is 5.82 Å². The number of halogens is 1. The lowest BCUT2D eigenvalue weighted by molar-refractivity contribution is -0.123. The van der Waals surface area contributed by atoms with Gasteiger partial charge in [-0.05, 0) is 48.6 Å². The SMILES string of the molecule is O=C(COc1ccc(F)cc1)NCC1(c2cccs2)CC1. The maximum Gasteiger partial charge on any atom is 0.257 e. The van der Waals surface area contributed by atoms with Crippen molar-refractivity contribution in [3.8, 4) is 5.75 Å². The summed E-state index contributed by atoms with van der Waals surface area (Å²) in [5.74, 6) is 0.0199.